The van der Waals surface area contributed by atoms with Gasteiger partial charge in [-0.1, -0.05) is 18.4 Å². The molecule has 1 heterocycles. The molecule has 5 rings (SSSR count). The summed E-state index contributed by atoms with van der Waals surface area (Å²) in [6.07, 6.45) is 8.20. The van der Waals surface area contributed by atoms with E-state index in [4.69, 9.17) is 0 Å². The molecule has 4 bridgehead atoms. The fourth-order valence-electron chi connectivity index (χ4n) is 5.53. The molecule has 1 aromatic rings. The molecular weight excluding hydrogens is 254 g/mol. The Hall–Kier alpha value is -1.46. The SMILES string of the molecule is CCC12CC3CC(C1)CC(C([O-])=Nc1nn[nH]n1)(C3)C2. The van der Waals surface area contributed by atoms with Crippen LogP contribution in [0.1, 0.15) is 51.9 Å². The first-order valence-corrected chi connectivity index (χ1v) is 7.63. The van der Waals surface area contributed by atoms with Gasteiger partial charge in [-0.25, -0.2) is 4.99 Å². The van der Waals surface area contributed by atoms with Gasteiger partial charge in [-0.2, -0.15) is 5.21 Å². The van der Waals surface area contributed by atoms with Gasteiger partial charge in [0.2, 0.25) is 0 Å². The van der Waals surface area contributed by atoms with Gasteiger partial charge in [0.05, 0.1) is 0 Å². The van der Waals surface area contributed by atoms with E-state index in [0.29, 0.717) is 5.41 Å². The number of nitrogens with one attached hydrogen (secondary N) is 1. The molecule has 0 aliphatic heterocycles. The molecule has 0 saturated heterocycles. The van der Waals surface area contributed by atoms with E-state index < -0.39 is 0 Å². The second-order valence-electron chi connectivity index (χ2n) is 7.22. The number of aliphatic imine (C=N–C) groups is 1. The smallest absolute Gasteiger partial charge is 0.287 e. The summed E-state index contributed by atoms with van der Waals surface area (Å²) >= 11 is 0. The molecule has 0 aromatic carbocycles. The fraction of sp³-hybridized carbons (Fsp3) is 0.857. The van der Waals surface area contributed by atoms with Gasteiger partial charge in [-0.3, -0.25) is 0 Å². The Morgan fingerprint density at radius 2 is 2.10 bits per heavy atom. The van der Waals surface area contributed by atoms with Gasteiger partial charge < -0.3 is 5.11 Å². The number of nitrogens with zero attached hydrogens (tertiary/aromatic N) is 4. The van der Waals surface area contributed by atoms with Crippen LogP contribution in [0.2, 0.25) is 0 Å². The molecule has 20 heavy (non-hydrogen) atoms. The van der Waals surface area contributed by atoms with Crippen LogP contribution in [-0.2, 0) is 0 Å². The molecule has 4 saturated carbocycles. The zero-order chi connectivity index (χ0) is 13.8. The van der Waals surface area contributed by atoms with E-state index in [1.54, 1.807) is 0 Å². The van der Waals surface area contributed by atoms with Crippen LogP contribution in [-0.4, -0.2) is 26.5 Å². The molecule has 1 N–H and O–H groups in total. The van der Waals surface area contributed by atoms with Crippen molar-refractivity contribution in [3.05, 3.63) is 0 Å². The van der Waals surface area contributed by atoms with Crippen molar-refractivity contribution in [2.24, 2.45) is 27.7 Å². The summed E-state index contributed by atoms with van der Waals surface area (Å²) < 4.78 is 0. The lowest BCUT2D eigenvalue weighted by atomic mass is 9.43. The highest BCUT2D eigenvalue weighted by atomic mass is 16.3. The summed E-state index contributed by atoms with van der Waals surface area (Å²) in [6.45, 7) is 2.28. The van der Waals surface area contributed by atoms with Gasteiger partial charge >= 0.3 is 0 Å². The Balaban J connectivity index is 1.70. The van der Waals surface area contributed by atoms with Crippen LogP contribution in [0.5, 0.6) is 0 Å². The minimum Gasteiger partial charge on any atom is -0.861 e. The van der Waals surface area contributed by atoms with E-state index in [9.17, 15) is 5.11 Å². The summed E-state index contributed by atoms with van der Waals surface area (Å²) in [6, 6.07) is 0. The number of tetrazole rings is 1. The standard InChI is InChI=1S/C14H21N5O/c1-2-13-4-9-3-10(5-13)7-14(6-9,8-13)11(20)15-12-16-18-19-17-12/h9-10H,2-8H2,1H3,(H2,15,16,17,18,19,20)/p-1. The van der Waals surface area contributed by atoms with Crippen molar-refractivity contribution in [2.45, 2.75) is 51.9 Å². The minimum absolute atomic E-state index is 0.00850. The van der Waals surface area contributed by atoms with Crippen LogP contribution in [0.4, 0.5) is 5.95 Å². The normalized spacial score (nSPS) is 43.1. The molecule has 2 atom stereocenters. The topological polar surface area (TPSA) is 89.9 Å². The van der Waals surface area contributed by atoms with E-state index in [1.165, 1.54) is 25.7 Å². The van der Waals surface area contributed by atoms with Crippen molar-refractivity contribution < 1.29 is 5.11 Å². The highest BCUT2D eigenvalue weighted by Gasteiger charge is 2.57. The number of hydrogen-bond acceptors (Lipinski definition) is 5. The van der Waals surface area contributed by atoms with Crippen molar-refractivity contribution in [1.82, 2.24) is 20.6 Å². The third-order valence-electron chi connectivity index (χ3n) is 5.92. The quantitative estimate of drug-likeness (QED) is 0.669. The molecule has 6 heteroatoms. The molecule has 4 fully saturated rings. The molecule has 0 radical (unpaired) electrons. The number of aromatic amines is 1. The highest BCUT2D eigenvalue weighted by Crippen LogP contribution is 2.66. The second kappa shape index (κ2) is 4.02. The minimum atomic E-state index is -0.235. The highest BCUT2D eigenvalue weighted by molar-refractivity contribution is 5.81. The monoisotopic (exact) mass is 274 g/mol. The van der Waals surface area contributed by atoms with Crippen molar-refractivity contribution in [3.8, 4) is 0 Å². The van der Waals surface area contributed by atoms with Crippen molar-refractivity contribution >= 4 is 11.8 Å². The zero-order valence-corrected chi connectivity index (χ0v) is 11.8. The van der Waals surface area contributed by atoms with Gasteiger partial charge in [0.25, 0.3) is 5.95 Å². The summed E-state index contributed by atoms with van der Waals surface area (Å²) in [7, 11) is 0. The number of H-pyrrole nitrogens is 1. The van der Waals surface area contributed by atoms with Gasteiger partial charge in [0.15, 0.2) is 0 Å². The van der Waals surface area contributed by atoms with E-state index in [2.05, 4.69) is 32.5 Å². The lowest BCUT2D eigenvalue weighted by Gasteiger charge is -2.63. The lowest BCUT2D eigenvalue weighted by molar-refractivity contribution is -0.246. The van der Waals surface area contributed by atoms with Crippen molar-refractivity contribution in [1.29, 1.82) is 0 Å². The van der Waals surface area contributed by atoms with Crippen molar-refractivity contribution in [2.75, 3.05) is 0 Å². The third kappa shape index (κ3) is 1.70. The first-order chi connectivity index (χ1) is 9.63. The zero-order valence-electron chi connectivity index (χ0n) is 11.8. The summed E-state index contributed by atoms with van der Waals surface area (Å²) in [4.78, 5) is 4.12. The number of rotatable bonds is 3. The van der Waals surface area contributed by atoms with Crippen LogP contribution < -0.4 is 5.11 Å². The second-order valence-corrected chi connectivity index (χ2v) is 7.22. The van der Waals surface area contributed by atoms with Gasteiger partial charge in [-0.05, 0) is 72.3 Å². The fourth-order valence-corrected chi connectivity index (χ4v) is 5.53. The molecule has 0 spiro atoms. The molecule has 4 aliphatic rings. The molecule has 0 amide bonds. The lowest BCUT2D eigenvalue weighted by Crippen LogP contribution is -2.57. The largest absolute Gasteiger partial charge is 0.861 e. The van der Waals surface area contributed by atoms with Crippen LogP contribution >= 0.6 is 0 Å². The van der Waals surface area contributed by atoms with Crippen LogP contribution in [0, 0.1) is 22.7 Å². The van der Waals surface area contributed by atoms with E-state index in [1.807, 2.05) is 0 Å². The van der Waals surface area contributed by atoms with Crippen LogP contribution in [0.3, 0.4) is 0 Å². The van der Waals surface area contributed by atoms with Gasteiger partial charge in [0.1, 0.15) is 0 Å². The molecular formula is C14H20N5O-. The molecule has 6 nitrogen and oxygen atoms in total. The maximum Gasteiger partial charge on any atom is 0.287 e. The average Bonchev–Trinajstić information content (AvgIpc) is 2.90. The number of hydrogen-bond donors (Lipinski definition) is 1. The Bertz CT molecular complexity index is 524. The molecule has 2 unspecified atom stereocenters. The average molecular weight is 274 g/mol. The van der Waals surface area contributed by atoms with Gasteiger partial charge in [-0.15, -0.1) is 5.10 Å². The third-order valence-corrected chi connectivity index (χ3v) is 5.92. The summed E-state index contributed by atoms with van der Waals surface area (Å²) in [5, 5.41) is 26.1. The summed E-state index contributed by atoms with van der Waals surface area (Å²) in [5.74, 6) is 1.61. The Kier molecular flexibility index (Phi) is 2.47. The maximum absolute atomic E-state index is 12.7. The van der Waals surface area contributed by atoms with Gasteiger partial charge in [0, 0.05) is 0 Å². The maximum atomic E-state index is 12.7. The molecule has 1 aromatic heterocycles. The molecule has 4 aliphatic carbocycles. The Morgan fingerprint density at radius 3 is 2.70 bits per heavy atom. The van der Waals surface area contributed by atoms with Crippen LogP contribution in [0.15, 0.2) is 4.99 Å². The molecule has 108 valence electrons. The summed E-state index contributed by atoms with van der Waals surface area (Å²) in [5.41, 5.74) is 0.160. The predicted octanol–water partition coefficient (Wildman–Crippen LogP) is 1.59. The van der Waals surface area contributed by atoms with E-state index in [0.717, 1.165) is 31.1 Å². The van der Waals surface area contributed by atoms with E-state index >= 15 is 0 Å². The Labute approximate surface area is 118 Å². The Morgan fingerprint density at radius 1 is 1.35 bits per heavy atom. The van der Waals surface area contributed by atoms with E-state index in [-0.39, 0.29) is 17.3 Å². The first-order valence-electron chi connectivity index (χ1n) is 7.63. The van der Waals surface area contributed by atoms with Crippen LogP contribution in [0.25, 0.3) is 0 Å². The predicted molar refractivity (Wildman–Crippen MR) is 71.1 cm³/mol. The van der Waals surface area contributed by atoms with Crippen molar-refractivity contribution in [3.63, 3.8) is 0 Å². The first kappa shape index (κ1) is 12.3. The number of aromatic nitrogens is 4.